The van der Waals surface area contributed by atoms with Gasteiger partial charge in [-0.05, 0) is 53.3 Å². The number of allylic oxidation sites excluding steroid dienone is 2. The maximum absolute atomic E-state index is 10.2. The molecule has 0 aromatic heterocycles. The molecule has 0 amide bonds. The topological polar surface area (TPSA) is 49.7 Å². The normalized spacial score (nSPS) is 17.5. The molecule has 158 valence electrons. The molecule has 1 aliphatic rings. The van der Waals surface area contributed by atoms with Crippen LogP contribution < -0.4 is 0 Å². The molecular weight excluding hydrogens is 371 g/mol. The first-order valence-corrected chi connectivity index (χ1v) is 11.0. The lowest BCUT2D eigenvalue weighted by atomic mass is 9.76. The minimum Gasteiger partial charge on any atom is -0.507 e. The van der Waals surface area contributed by atoms with Gasteiger partial charge in [-0.15, -0.1) is 0 Å². The molecule has 30 heavy (non-hydrogen) atoms. The fourth-order valence-electron chi connectivity index (χ4n) is 4.13. The molecule has 2 aromatic rings. The van der Waals surface area contributed by atoms with Crippen molar-refractivity contribution in [3.8, 4) is 5.75 Å². The van der Waals surface area contributed by atoms with Crippen molar-refractivity contribution in [3.63, 3.8) is 0 Å². The molecule has 3 rings (SSSR count). The van der Waals surface area contributed by atoms with Crippen LogP contribution in [-0.4, -0.2) is 23.4 Å². The quantitative estimate of drug-likeness (QED) is 0.492. The maximum atomic E-state index is 10.2. The summed E-state index contributed by atoms with van der Waals surface area (Å²) >= 11 is 0. The molecule has 1 atom stereocenters. The maximum Gasteiger partial charge on any atom is 0.458 e. The number of fused-ring (bicyclic) bond motifs is 1. The molecule has 0 saturated heterocycles. The third kappa shape index (κ3) is 5.24. The number of hydrogen-bond acceptors (Lipinski definition) is 3. The first-order valence-electron chi connectivity index (χ1n) is 11.0. The van der Waals surface area contributed by atoms with Crippen LogP contribution in [0.25, 0.3) is 16.8 Å². The van der Waals surface area contributed by atoms with Crippen LogP contribution >= 0.6 is 0 Å². The van der Waals surface area contributed by atoms with Crippen LogP contribution in [0, 0.1) is 5.92 Å². The molecule has 1 unspecified atom stereocenters. The van der Waals surface area contributed by atoms with Crippen molar-refractivity contribution >= 4 is 24.0 Å². The van der Waals surface area contributed by atoms with Crippen LogP contribution in [0.3, 0.4) is 0 Å². The van der Waals surface area contributed by atoms with Gasteiger partial charge in [0, 0.05) is 11.7 Å². The molecule has 0 bridgehead atoms. The lowest BCUT2D eigenvalue weighted by Gasteiger charge is -2.30. The van der Waals surface area contributed by atoms with E-state index < -0.39 is 7.12 Å². The van der Waals surface area contributed by atoms with Gasteiger partial charge in [-0.2, -0.15) is 0 Å². The molecule has 4 heteroatoms. The van der Waals surface area contributed by atoms with Gasteiger partial charge in [-0.25, -0.2) is 0 Å². The van der Waals surface area contributed by atoms with Crippen LogP contribution in [0.15, 0.2) is 65.8 Å². The minimum absolute atomic E-state index is 0.125. The zero-order valence-corrected chi connectivity index (χ0v) is 18.4. The van der Waals surface area contributed by atoms with Crippen molar-refractivity contribution in [2.24, 2.45) is 5.92 Å². The second-order valence-corrected chi connectivity index (χ2v) is 8.47. The number of phenolic OH excluding ortho intramolecular Hbond substituents is 1. The number of rotatable bonds is 8. The zero-order chi connectivity index (χ0) is 21.7. The fraction of sp³-hybridized carbons (Fsp3) is 0.385. The number of hydrogen-bond donors (Lipinski definition) is 2. The highest BCUT2D eigenvalue weighted by atomic mass is 16.5. The van der Waals surface area contributed by atoms with Gasteiger partial charge in [0.05, 0.1) is 6.10 Å². The summed E-state index contributed by atoms with van der Waals surface area (Å²) in [6.07, 6.45) is 8.53. The van der Waals surface area contributed by atoms with E-state index in [1.54, 1.807) is 6.07 Å². The lowest BCUT2D eigenvalue weighted by molar-refractivity contribution is 0.182. The summed E-state index contributed by atoms with van der Waals surface area (Å²) in [7, 11) is -0.738. The van der Waals surface area contributed by atoms with Crippen molar-refractivity contribution in [1.82, 2.24) is 0 Å². The molecule has 2 N–H and O–H groups in total. The molecule has 0 saturated carbocycles. The molecule has 0 spiro atoms. The first kappa shape index (κ1) is 22.4. The first-order chi connectivity index (χ1) is 14.4. The van der Waals surface area contributed by atoms with Crippen LogP contribution in [-0.2, 0) is 4.65 Å². The monoisotopic (exact) mass is 404 g/mol. The highest BCUT2D eigenvalue weighted by Gasteiger charge is 2.28. The Morgan fingerprint density at radius 2 is 1.93 bits per heavy atom. The summed E-state index contributed by atoms with van der Waals surface area (Å²) in [6, 6.07) is 11.7. The van der Waals surface area contributed by atoms with Crippen LogP contribution in [0.5, 0.6) is 5.75 Å². The Labute approximate surface area is 180 Å². The minimum atomic E-state index is -0.738. The van der Waals surface area contributed by atoms with Gasteiger partial charge in [0.1, 0.15) is 5.75 Å². The number of benzene rings is 2. The average Bonchev–Trinajstić information content (AvgIpc) is 2.74. The van der Waals surface area contributed by atoms with E-state index in [-0.39, 0.29) is 6.10 Å². The van der Waals surface area contributed by atoms with Gasteiger partial charge < -0.3 is 14.8 Å². The van der Waals surface area contributed by atoms with Crippen molar-refractivity contribution in [2.45, 2.75) is 58.9 Å². The summed E-state index contributed by atoms with van der Waals surface area (Å²) in [5.41, 5.74) is 4.71. The molecule has 0 aliphatic carbocycles. The third-order valence-corrected chi connectivity index (χ3v) is 5.87. The Morgan fingerprint density at radius 1 is 1.20 bits per heavy atom. The highest BCUT2D eigenvalue weighted by molar-refractivity contribution is 6.43. The van der Waals surface area contributed by atoms with Gasteiger partial charge >= 0.3 is 7.12 Å². The van der Waals surface area contributed by atoms with Crippen molar-refractivity contribution in [1.29, 1.82) is 0 Å². The lowest BCUT2D eigenvalue weighted by Crippen LogP contribution is -2.32. The summed E-state index contributed by atoms with van der Waals surface area (Å²) in [5, 5.41) is 22.1. The Hall–Kier alpha value is -2.30. The van der Waals surface area contributed by atoms with Gasteiger partial charge in [-0.3, -0.25) is 0 Å². The Bertz CT molecular complexity index is 958. The van der Waals surface area contributed by atoms with Crippen molar-refractivity contribution in [3.05, 3.63) is 71.3 Å². The Morgan fingerprint density at radius 3 is 2.63 bits per heavy atom. The van der Waals surface area contributed by atoms with E-state index in [2.05, 4.69) is 45.6 Å². The molecular formula is C26H33BO3. The standard InChI is InChI=1S/C26H33BO3/c1-5-8-20(17-21-12-13-25(28)24-10-7-6-9-23(21)24)11-14-26-22(19(4)18(2)3)15-16-27(29)30-26/h6-7,9-10,12-13,15,17-18,26,28-29H,4-5,8,11,14,16H2,1-3H3/b20-17+. The summed E-state index contributed by atoms with van der Waals surface area (Å²) in [4.78, 5) is 0. The predicted molar refractivity (Wildman–Crippen MR) is 127 cm³/mol. The van der Waals surface area contributed by atoms with Crippen LogP contribution in [0.2, 0.25) is 6.32 Å². The van der Waals surface area contributed by atoms with E-state index in [0.717, 1.165) is 53.2 Å². The van der Waals surface area contributed by atoms with Gasteiger partial charge in [0.25, 0.3) is 0 Å². The van der Waals surface area contributed by atoms with Gasteiger partial charge in [0.2, 0.25) is 0 Å². The van der Waals surface area contributed by atoms with Crippen LogP contribution in [0.4, 0.5) is 0 Å². The molecule has 1 heterocycles. The van der Waals surface area contributed by atoms with E-state index in [1.165, 1.54) is 5.57 Å². The molecule has 0 fully saturated rings. The second-order valence-electron chi connectivity index (χ2n) is 8.47. The number of aromatic hydroxyl groups is 1. The van der Waals surface area contributed by atoms with Crippen molar-refractivity contribution < 1.29 is 14.8 Å². The third-order valence-electron chi connectivity index (χ3n) is 5.87. The van der Waals surface area contributed by atoms with Gasteiger partial charge in [0.15, 0.2) is 0 Å². The number of phenols is 1. The Kier molecular flexibility index (Phi) is 7.57. The van der Waals surface area contributed by atoms with Gasteiger partial charge in [-0.1, -0.05) is 81.8 Å². The average molecular weight is 404 g/mol. The molecule has 1 aliphatic heterocycles. The van der Waals surface area contributed by atoms with E-state index in [9.17, 15) is 10.1 Å². The molecule has 0 radical (unpaired) electrons. The van der Waals surface area contributed by atoms with E-state index in [4.69, 9.17) is 4.65 Å². The van der Waals surface area contributed by atoms with Crippen molar-refractivity contribution in [2.75, 3.05) is 0 Å². The molecule has 3 nitrogen and oxygen atoms in total. The second kappa shape index (κ2) is 10.1. The summed E-state index contributed by atoms with van der Waals surface area (Å²) in [6.45, 7) is 10.7. The SMILES string of the molecule is C=C(C1=CCB(O)OC1CC/C(=C/c1ccc(O)c2ccccc12)CCC)C(C)C. The summed E-state index contributed by atoms with van der Waals surface area (Å²) < 4.78 is 5.90. The zero-order valence-electron chi connectivity index (χ0n) is 18.4. The highest BCUT2D eigenvalue weighted by Crippen LogP contribution is 2.33. The molecule has 2 aromatic carbocycles. The Balaban J connectivity index is 1.84. The fourth-order valence-corrected chi connectivity index (χ4v) is 4.13. The largest absolute Gasteiger partial charge is 0.507 e. The van der Waals surface area contributed by atoms with E-state index >= 15 is 0 Å². The van der Waals surface area contributed by atoms with E-state index in [1.807, 2.05) is 24.3 Å². The van der Waals surface area contributed by atoms with E-state index in [0.29, 0.717) is 18.0 Å². The predicted octanol–water partition coefficient (Wildman–Crippen LogP) is 6.53. The van der Waals surface area contributed by atoms with Crippen LogP contribution in [0.1, 0.15) is 52.0 Å². The smallest absolute Gasteiger partial charge is 0.458 e. The summed E-state index contributed by atoms with van der Waals surface area (Å²) in [5.74, 6) is 0.665.